The van der Waals surface area contributed by atoms with Crippen molar-refractivity contribution in [2.24, 2.45) is 0 Å². The molecule has 0 spiro atoms. The Labute approximate surface area is 175 Å². The van der Waals surface area contributed by atoms with E-state index in [0.717, 1.165) is 23.5 Å². The zero-order valence-corrected chi connectivity index (χ0v) is 17.2. The molecule has 3 nitrogen and oxygen atoms in total. The summed E-state index contributed by atoms with van der Waals surface area (Å²) in [6, 6.07) is 12.6. The molecule has 1 aliphatic rings. The number of ketones is 1. The zero-order chi connectivity index (χ0) is 20.9. The fourth-order valence-corrected chi connectivity index (χ4v) is 5.52. The van der Waals surface area contributed by atoms with Crippen LogP contribution < -0.4 is 9.47 Å². The average Bonchev–Trinajstić information content (AvgIpc) is 2.72. The SMILES string of the molecule is COc1ccc(C=C(C(=O)C2SCCCS2)c2ccc(OC(F)(F)F)cc2)cc1. The van der Waals surface area contributed by atoms with Gasteiger partial charge in [-0.3, -0.25) is 4.79 Å². The van der Waals surface area contributed by atoms with E-state index in [9.17, 15) is 18.0 Å². The molecular formula is C21H19F3O3S2. The highest BCUT2D eigenvalue weighted by Gasteiger charge is 2.31. The quantitative estimate of drug-likeness (QED) is 0.413. The summed E-state index contributed by atoms with van der Waals surface area (Å²) in [6.45, 7) is 0. The molecule has 0 radical (unpaired) electrons. The summed E-state index contributed by atoms with van der Waals surface area (Å²) in [4.78, 5) is 13.2. The molecule has 0 bridgehead atoms. The molecule has 29 heavy (non-hydrogen) atoms. The monoisotopic (exact) mass is 440 g/mol. The van der Waals surface area contributed by atoms with Gasteiger partial charge in [0.05, 0.1) is 7.11 Å². The minimum Gasteiger partial charge on any atom is -0.497 e. The first-order valence-electron chi connectivity index (χ1n) is 8.85. The Bertz CT molecular complexity index is 856. The van der Waals surface area contributed by atoms with Crippen molar-refractivity contribution in [3.63, 3.8) is 0 Å². The molecule has 0 unspecified atom stereocenters. The Morgan fingerprint density at radius 3 is 2.14 bits per heavy atom. The van der Waals surface area contributed by atoms with Crippen molar-refractivity contribution in [2.75, 3.05) is 18.6 Å². The van der Waals surface area contributed by atoms with Crippen LogP contribution in [0.2, 0.25) is 0 Å². The van der Waals surface area contributed by atoms with Gasteiger partial charge in [0.25, 0.3) is 0 Å². The summed E-state index contributed by atoms with van der Waals surface area (Å²) in [7, 11) is 1.57. The lowest BCUT2D eigenvalue weighted by atomic mass is 9.99. The normalized spacial score (nSPS) is 15.8. The molecule has 8 heteroatoms. The van der Waals surface area contributed by atoms with Gasteiger partial charge in [0.15, 0.2) is 5.78 Å². The van der Waals surface area contributed by atoms with Crippen molar-refractivity contribution in [2.45, 2.75) is 17.4 Å². The second kappa shape index (κ2) is 9.63. The Morgan fingerprint density at radius 2 is 1.59 bits per heavy atom. The van der Waals surface area contributed by atoms with Crippen molar-refractivity contribution >= 4 is 41.0 Å². The number of carbonyl (C=O) groups excluding carboxylic acids is 1. The van der Waals surface area contributed by atoms with Crippen molar-refractivity contribution in [3.8, 4) is 11.5 Å². The molecule has 0 saturated carbocycles. The summed E-state index contributed by atoms with van der Waals surface area (Å²) in [5.74, 6) is 2.16. The molecule has 1 fully saturated rings. The lowest BCUT2D eigenvalue weighted by Gasteiger charge is -2.21. The number of rotatable bonds is 6. The summed E-state index contributed by atoms with van der Waals surface area (Å²) < 4.78 is 46.1. The second-order valence-electron chi connectivity index (χ2n) is 6.19. The van der Waals surface area contributed by atoms with E-state index < -0.39 is 6.36 Å². The fraction of sp³-hybridized carbons (Fsp3) is 0.286. The molecule has 0 N–H and O–H groups in total. The van der Waals surface area contributed by atoms with Crippen LogP contribution in [-0.2, 0) is 4.79 Å². The Kier molecular flexibility index (Phi) is 7.18. The van der Waals surface area contributed by atoms with Gasteiger partial charge in [0, 0.05) is 5.57 Å². The lowest BCUT2D eigenvalue weighted by Crippen LogP contribution is -2.19. The number of Topliss-reactive ketones (excluding diaryl/α,β-unsaturated/α-hetero) is 1. The number of halogens is 3. The third kappa shape index (κ3) is 6.21. The highest BCUT2D eigenvalue weighted by atomic mass is 32.2. The Morgan fingerprint density at radius 1 is 1.00 bits per heavy atom. The van der Waals surface area contributed by atoms with Gasteiger partial charge < -0.3 is 9.47 Å². The van der Waals surface area contributed by atoms with Gasteiger partial charge in [-0.1, -0.05) is 24.3 Å². The smallest absolute Gasteiger partial charge is 0.497 e. The number of methoxy groups -OCH3 is 1. The van der Waals surface area contributed by atoms with Crippen LogP contribution in [-0.4, -0.2) is 35.3 Å². The number of ether oxygens (including phenoxy) is 2. The van der Waals surface area contributed by atoms with Gasteiger partial charge in [-0.2, -0.15) is 0 Å². The average molecular weight is 441 g/mol. The highest BCUT2D eigenvalue weighted by Crippen LogP contribution is 2.36. The number of alkyl halides is 3. The van der Waals surface area contributed by atoms with E-state index in [1.165, 1.54) is 24.3 Å². The van der Waals surface area contributed by atoms with E-state index in [1.54, 1.807) is 48.8 Å². The molecule has 0 aromatic heterocycles. The van der Waals surface area contributed by atoms with E-state index in [2.05, 4.69) is 4.74 Å². The first kappa shape index (κ1) is 21.6. The van der Waals surface area contributed by atoms with Gasteiger partial charge >= 0.3 is 6.36 Å². The number of allylic oxidation sites excluding steroid dienone is 1. The summed E-state index contributed by atoms with van der Waals surface area (Å²) in [6.07, 6.45) is -1.94. The molecule has 0 aliphatic carbocycles. The third-order valence-corrected chi connectivity index (χ3v) is 7.03. The zero-order valence-electron chi connectivity index (χ0n) is 15.6. The van der Waals surface area contributed by atoms with Crippen LogP contribution >= 0.6 is 23.5 Å². The van der Waals surface area contributed by atoms with Crippen molar-refractivity contribution < 1.29 is 27.4 Å². The number of thioether (sulfide) groups is 2. The Balaban J connectivity index is 1.93. The van der Waals surface area contributed by atoms with Crippen molar-refractivity contribution in [1.82, 2.24) is 0 Å². The van der Waals surface area contributed by atoms with Crippen LogP contribution in [0.15, 0.2) is 48.5 Å². The van der Waals surface area contributed by atoms with E-state index in [1.807, 2.05) is 12.1 Å². The summed E-state index contributed by atoms with van der Waals surface area (Å²) >= 11 is 3.20. The number of hydrogen-bond donors (Lipinski definition) is 0. The Hall–Kier alpha value is -2.06. The summed E-state index contributed by atoms with van der Waals surface area (Å²) in [5, 5.41) is 0. The second-order valence-corrected chi connectivity index (χ2v) is 8.92. The minimum absolute atomic E-state index is 0.0417. The van der Waals surface area contributed by atoms with Gasteiger partial charge in [0.1, 0.15) is 16.1 Å². The highest BCUT2D eigenvalue weighted by molar-refractivity contribution is 8.18. The fourth-order valence-electron chi connectivity index (χ4n) is 2.77. The van der Waals surface area contributed by atoms with E-state index >= 15 is 0 Å². The maximum absolute atomic E-state index is 13.2. The third-order valence-electron chi connectivity index (χ3n) is 4.13. The molecule has 0 amide bonds. The molecule has 0 atom stereocenters. The van der Waals surface area contributed by atoms with Gasteiger partial charge in [-0.05, 0) is 59.4 Å². The van der Waals surface area contributed by atoms with Gasteiger partial charge in [-0.15, -0.1) is 36.7 Å². The van der Waals surface area contributed by atoms with Crippen LogP contribution in [0, 0.1) is 0 Å². The van der Waals surface area contributed by atoms with Gasteiger partial charge in [-0.25, -0.2) is 0 Å². The molecule has 2 aromatic rings. The van der Waals surface area contributed by atoms with Crippen LogP contribution in [0.4, 0.5) is 13.2 Å². The predicted molar refractivity (Wildman–Crippen MR) is 112 cm³/mol. The summed E-state index contributed by atoms with van der Waals surface area (Å²) in [5.41, 5.74) is 1.81. The van der Waals surface area contributed by atoms with Crippen LogP contribution in [0.5, 0.6) is 11.5 Å². The molecule has 2 aromatic carbocycles. The maximum Gasteiger partial charge on any atom is 0.573 e. The lowest BCUT2D eigenvalue weighted by molar-refractivity contribution is -0.274. The standard InChI is InChI=1S/C21H19F3O3S2/c1-26-16-7-3-14(4-8-16)13-18(19(25)20-28-11-2-12-29-20)15-5-9-17(10-6-15)27-21(22,23)24/h3-10,13,20H,2,11-12H2,1H3. The molecule has 1 aliphatic heterocycles. The first-order valence-corrected chi connectivity index (χ1v) is 10.9. The van der Waals surface area contributed by atoms with Crippen LogP contribution in [0.25, 0.3) is 11.6 Å². The van der Waals surface area contributed by atoms with Crippen LogP contribution in [0.3, 0.4) is 0 Å². The largest absolute Gasteiger partial charge is 0.573 e. The molecule has 3 rings (SSSR count). The minimum atomic E-state index is -4.76. The van der Waals surface area contributed by atoms with Crippen molar-refractivity contribution in [1.29, 1.82) is 0 Å². The molecule has 1 saturated heterocycles. The first-order chi connectivity index (χ1) is 13.9. The molecular weight excluding hydrogens is 421 g/mol. The molecule has 1 heterocycles. The van der Waals surface area contributed by atoms with Gasteiger partial charge in [0.2, 0.25) is 0 Å². The van der Waals surface area contributed by atoms with E-state index in [-0.39, 0.29) is 16.1 Å². The maximum atomic E-state index is 13.2. The van der Waals surface area contributed by atoms with E-state index in [0.29, 0.717) is 16.9 Å². The number of benzene rings is 2. The number of hydrogen-bond acceptors (Lipinski definition) is 5. The molecule has 154 valence electrons. The van der Waals surface area contributed by atoms with E-state index in [4.69, 9.17) is 4.74 Å². The number of carbonyl (C=O) groups is 1. The topological polar surface area (TPSA) is 35.5 Å². The predicted octanol–water partition coefficient (Wildman–Crippen LogP) is 5.90. The van der Waals surface area contributed by atoms with Crippen LogP contribution in [0.1, 0.15) is 17.5 Å². The van der Waals surface area contributed by atoms with Crippen molar-refractivity contribution in [3.05, 3.63) is 59.7 Å².